The van der Waals surface area contributed by atoms with Gasteiger partial charge in [0.05, 0.1) is 6.20 Å². The van der Waals surface area contributed by atoms with Gasteiger partial charge in [-0.05, 0) is 18.2 Å². The number of aromatic nitrogens is 3. The monoisotopic (exact) mass is 211 g/mol. The molecule has 78 valence electrons. The molecule has 4 nitrogen and oxygen atoms in total. The van der Waals surface area contributed by atoms with Crippen molar-refractivity contribution in [2.75, 3.05) is 0 Å². The van der Waals surface area contributed by atoms with E-state index in [2.05, 4.69) is 10.1 Å². The highest BCUT2D eigenvalue weighted by molar-refractivity contribution is 5.55. The molecule has 0 N–H and O–H groups in total. The number of hydrogen-bond donors (Lipinski definition) is 0. The van der Waals surface area contributed by atoms with Gasteiger partial charge in [-0.15, -0.1) is 0 Å². The second-order valence-electron chi connectivity index (χ2n) is 3.31. The molecule has 0 aliphatic heterocycles. The minimum Gasteiger partial charge on any atom is -0.437 e. The van der Waals surface area contributed by atoms with Crippen LogP contribution in [0.25, 0.3) is 5.52 Å². The molecule has 16 heavy (non-hydrogen) atoms. The molecule has 2 heterocycles. The summed E-state index contributed by atoms with van der Waals surface area (Å²) in [6, 6.07) is 11.4. The number of para-hydroxylation sites is 1. The Hall–Kier alpha value is -2.36. The Morgan fingerprint density at radius 1 is 1.00 bits per heavy atom. The fourth-order valence-electron chi connectivity index (χ4n) is 1.51. The molecule has 0 bridgehead atoms. The largest absolute Gasteiger partial charge is 0.437 e. The van der Waals surface area contributed by atoms with E-state index < -0.39 is 0 Å². The summed E-state index contributed by atoms with van der Waals surface area (Å²) < 4.78 is 7.41. The summed E-state index contributed by atoms with van der Waals surface area (Å²) in [5.74, 6) is 1.33. The minimum atomic E-state index is 0.561. The molecule has 0 amide bonds. The average molecular weight is 211 g/mol. The van der Waals surface area contributed by atoms with Crippen LogP contribution in [-0.4, -0.2) is 14.6 Å². The summed E-state index contributed by atoms with van der Waals surface area (Å²) in [7, 11) is 0. The van der Waals surface area contributed by atoms with Gasteiger partial charge in [-0.25, -0.2) is 9.50 Å². The van der Waals surface area contributed by atoms with Crippen LogP contribution in [0.5, 0.6) is 11.6 Å². The first-order chi connectivity index (χ1) is 7.93. The second-order valence-corrected chi connectivity index (χ2v) is 3.31. The van der Waals surface area contributed by atoms with Crippen molar-refractivity contribution in [1.82, 2.24) is 14.6 Å². The highest BCUT2D eigenvalue weighted by atomic mass is 16.5. The fraction of sp³-hybridized carbons (Fsp3) is 0. The Bertz CT molecular complexity index is 604. The summed E-state index contributed by atoms with van der Waals surface area (Å²) in [4.78, 5) is 4.19. The molecule has 0 spiro atoms. The van der Waals surface area contributed by atoms with Crippen molar-refractivity contribution in [3.05, 3.63) is 55.0 Å². The zero-order chi connectivity index (χ0) is 10.8. The number of hydrogen-bond acceptors (Lipinski definition) is 3. The molecule has 0 fully saturated rings. The zero-order valence-corrected chi connectivity index (χ0v) is 8.45. The van der Waals surface area contributed by atoms with Gasteiger partial charge in [0.15, 0.2) is 0 Å². The fourth-order valence-corrected chi connectivity index (χ4v) is 1.51. The number of benzene rings is 1. The molecule has 0 radical (unpaired) electrons. The molecule has 4 heteroatoms. The van der Waals surface area contributed by atoms with Crippen molar-refractivity contribution in [3.8, 4) is 11.6 Å². The van der Waals surface area contributed by atoms with Crippen LogP contribution in [-0.2, 0) is 0 Å². The van der Waals surface area contributed by atoms with Gasteiger partial charge >= 0.3 is 0 Å². The Balaban J connectivity index is 2.04. The van der Waals surface area contributed by atoms with Crippen LogP contribution < -0.4 is 4.74 Å². The van der Waals surface area contributed by atoms with Gasteiger partial charge in [0.25, 0.3) is 0 Å². The van der Waals surface area contributed by atoms with Gasteiger partial charge in [0.1, 0.15) is 11.3 Å². The molecule has 0 unspecified atom stereocenters. The van der Waals surface area contributed by atoms with Gasteiger partial charge in [0.2, 0.25) is 5.88 Å². The van der Waals surface area contributed by atoms with E-state index in [9.17, 15) is 0 Å². The van der Waals surface area contributed by atoms with Crippen LogP contribution in [0.15, 0.2) is 55.0 Å². The van der Waals surface area contributed by atoms with Gasteiger partial charge in [-0.1, -0.05) is 18.2 Å². The first kappa shape index (κ1) is 8.91. The first-order valence-electron chi connectivity index (χ1n) is 4.95. The van der Waals surface area contributed by atoms with E-state index in [0.717, 1.165) is 11.3 Å². The highest BCUT2D eigenvalue weighted by Gasteiger charge is 2.04. The maximum absolute atomic E-state index is 5.68. The van der Waals surface area contributed by atoms with Crippen molar-refractivity contribution in [2.45, 2.75) is 0 Å². The van der Waals surface area contributed by atoms with E-state index in [0.29, 0.717) is 5.88 Å². The average Bonchev–Trinajstić information content (AvgIpc) is 2.80. The quantitative estimate of drug-likeness (QED) is 0.653. The number of ether oxygens (including phenoxy) is 1. The van der Waals surface area contributed by atoms with E-state index >= 15 is 0 Å². The molecule has 0 atom stereocenters. The van der Waals surface area contributed by atoms with E-state index in [-0.39, 0.29) is 0 Å². The van der Waals surface area contributed by atoms with E-state index in [1.54, 1.807) is 23.1 Å². The van der Waals surface area contributed by atoms with Gasteiger partial charge in [-0.2, -0.15) is 5.10 Å². The standard InChI is InChI=1S/C12H9N3O/c1-2-4-10(5-3-1)16-12-11-6-7-14-15(11)9-8-13-12/h1-9H. The number of nitrogens with zero attached hydrogens (tertiary/aromatic N) is 3. The molecule has 1 aromatic carbocycles. The zero-order valence-electron chi connectivity index (χ0n) is 8.45. The molecule has 0 aliphatic rings. The molecular formula is C12H9N3O. The summed E-state index contributed by atoms with van der Waals surface area (Å²) in [6.07, 6.45) is 5.17. The Morgan fingerprint density at radius 2 is 1.88 bits per heavy atom. The van der Waals surface area contributed by atoms with Crippen LogP contribution >= 0.6 is 0 Å². The van der Waals surface area contributed by atoms with E-state index in [4.69, 9.17) is 4.74 Å². The van der Waals surface area contributed by atoms with Gasteiger partial charge in [0, 0.05) is 12.4 Å². The van der Waals surface area contributed by atoms with Crippen molar-refractivity contribution in [2.24, 2.45) is 0 Å². The second kappa shape index (κ2) is 3.66. The third-order valence-electron chi connectivity index (χ3n) is 2.25. The lowest BCUT2D eigenvalue weighted by molar-refractivity contribution is 0.465. The smallest absolute Gasteiger partial charge is 0.245 e. The third-order valence-corrected chi connectivity index (χ3v) is 2.25. The van der Waals surface area contributed by atoms with Crippen LogP contribution in [0.1, 0.15) is 0 Å². The summed E-state index contributed by atoms with van der Waals surface area (Å²) >= 11 is 0. The number of fused-ring (bicyclic) bond motifs is 1. The van der Waals surface area contributed by atoms with Gasteiger partial charge in [-0.3, -0.25) is 0 Å². The lowest BCUT2D eigenvalue weighted by Crippen LogP contribution is -1.93. The molecule has 3 rings (SSSR count). The highest BCUT2D eigenvalue weighted by Crippen LogP contribution is 2.22. The van der Waals surface area contributed by atoms with Crippen molar-refractivity contribution in [1.29, 1.82) is 0 Å². The van der Waals surface area contributed by atoms with Crippen LogP contribution in [0, 0.1) is 0 Å². The summed E-state index contributed by atoms with van der Waals surface area (Å²) in [6.45, 7) is 0. The molecule has 3 aromatic rings. The molecule has 0 aliphatic carbocycles. The Morgan fingerprint density at radius 3 is 2.75 bits per heavy atom. The summed E-state index contributed by atoms with van der Waals surface area (Å²) in [5, 5.41) is 4.12. The Labute approximate surface area is 92.1 Å². The predicted molar refractivity (Wildman–Crippen MR) is 59.5 cm³/mol. The van der Waals surface area contributed by atoms with Crippen LogP contribution in [0.4, 0.5) is 0 Å². The normalized spacial score (nSPS) is 10.5. The topological polar surface area (TPSA) is 39.4 Å². The lowest BCUT2D eigenvalue weighted by Gasteiger charge is -2.04. The number of rotatable bonds is 2. The van der Waals surface area contributed by atoms with Crippen molar-refractivity contribution in [3.63, 3.8) is 0 Å². The van der Waals surface area contributed by atoms with Crippen LogP contribution in [0.3, 0.4) is 0 Å². The van der Waals surface area contributed by atoms with Gasteiger partial charge < -0.3 is 4.74 Å². The molecule has 0 saturated heterocycles. The first-order valence-corrected chi connectivity index (χ1v) is 4.95. The molecular weight excluding hydrogens is 202 g/mol. The van der Waals surface area contributed by atoms with E-state index in [1.165, 1.54) is 0 Å². The van der Waals surface area contributed by atoms with E-state index in [1.807, 2.05) is 36.4 Å². The predicted octanol–water partition coefficient (Wildman–Crippen LogP) is 2.52. The SMILES string of the molecule is c1ccc(Oc2nccn3nccc23)cc1. The van der Waals surface area contributed by atoms with Crippen molar-refractivity contribution < 1.29 is 4.74 Å². The summed E-state index contributed by atoms with van der Waals surface area (Å²) in [5.41, 5.74) is 0.853. The maximum atomic E-state index is 5.68. The lowest BCUT2D eigenvalue weighted by atomic mass is 10.3. The van der Waals surface area contributed by atoms with Crippen molar-refractivity contribution >= 4 is 5.52 Å². The maximum Gasteiger partial charge on any atom is 0.245 e. The molecule has 2 aromatic heterocycles. The minimum absolute atomic E-state index is 0.561. The van der Waals surface area contributed by atoms with Crippen LogP contribution in [0.2, 0.25) is 0 Å². The molecule has 0 saturated carbocycles. The Kier molecular flexibility index (Phi) is 2.04. The third kappa shape index (κ3) is 1.50.